The van der Waals surface area contributed by atoms with Gasteiger partial charge in [0.05, 0.1) is 45.4 Å². The number of unbranched alkanes of at least 4 members (excludes halogenated alkanes) is 2. The van der Waals surface area contributed by atoms with E-state index in [4.69, 9.17) is 35.0 Å². The lowest BCUT2D eigenvalue weighted by Crippen LogP contribution is -2.29. The Morgan fingerprint density at radius 2 is 1.69 bits per heavy atom. The smallest absolute Gasteiger partial charge is 0.490 e. The Bertz CT molecular complexity index is 4080. The molecule has 4 aromatic rings. The van der Waals surface area contributed by atoms with Gasteiger partial charge < -0.3 is 59.4 Å². The zero-order valence-corrected chi connectivity index (χ0v) is 54.8. The molecule has 39 heteroatoms. The largest absolute Gasteiger partial charge is 0.744 e. The first kappa shape index (κ1) is 71.7. The summed E-state index contributed by atoms with van der Waals surface area (Å²) in [6.07, 6.45) is 5.89. The lowest BCUT2D eigenvalue weighted by atomic mass is 9.81. The molecule has 5 heterocycles. The van der Waals surface area contributed by atoms with Crippen molar-refractivity contribution in [3.63, 3.8) is 0 Å². The number of carbonyl (C=O) groups excluding carboxylic acids is 2. The molecule has 2 aromatic carbocycles. The number of ether oxygens (including phenoxy) is 2. The summed E-state index contributed by atoms with van der Waals surface area (Å²) in [5.74, 6) is 5.85. The number of phosphoric ester groups is 1. The van der Waals surface area contributed by atoms with Crippen molar-refractivity contribution in [1.29, 1.82) is 0 Å². The molecule has 0 aliphatic carbocycles. The van der Waals surface area contributed by atoms with Crippen molar-refractivity contribution in [1.82, 2.24) is 25.2 Å². The third-order valence-electron chi connectivity index (χ3n) is 14.4. The van der Waals surface area contributed by atoms with Crippen LogP contribution in [0.3, 0.4) is 0 Å². The Balaban J connectivity index is 0.859. The molecule has 490 valence electrons. The number of azide groups is 1. The van der Waals surface area contributed by atoms with E-state index < -0.39 is 91.9 Å². The second kappa shape index (κ2) is 29.5. The van der Waals surface area contributed by atoms with E-state index >= 15 is 0 Å². The second-order valence-electron chi connectivity index (χ2n) is 21.3. The number of aromatic nitrogens is 3. The number of hydrogen-bond acceptors (Lipinski definition) is 22. The predicted octanol–water partition coefficient (Wildman–Crippen LogP) is 5.99. The van der Waals surface area contributed by atoms with Gasteiger partial charge >= 0.3 is 23.5 Å². The zero-order chi connectivity index (χ0) is 66.2. The van der Waals surface area contributed by atoms with Gasteiger partial charge in [0, 0.05) is 95.9 Å². The van der Waals surface area contributed by atoms with Crippen molar-refractivity contribution in [3.8, 4) is 11.8 Å². The van der Waals surface area contributed by atoms with Crippen LogP contribution in [0.5, 0.6) is 0 Å². The van der Waals surface area contributed by atoms with Crippen molar-refractivity contribution >= 4 is 111 Å². The van der Waals surface area contributed by atoms with Crippen LogP contribution in [-0.4, -0.2) is 145 Å². The van der Waals surface area contributed by atoms with Gasteiger partial charge in [0.1, 0.15) is 35.7 Å². The molecule has 0 saturated carbocycles. The Kier molecular flexibility index (Phi) is 23.5. The number of hydrogen-bond donors (Lipinski definition) is 9. The molecule has 7 rings (SSSR count). The molecule has 0 radical (unpaired) electrons. The molecule has 0 spiro atoms. The Hall–Kier alpha value is -5.73. The molecule has 32 nitrogen and oxygen atoms in total. The summed E-state index contributed by atoms with van der Waals surface area (Å²) < 4.78 is 133. The fraction of sp³-hybridized carbons (Fsp3) is 0.471. The van der Waals surface area contributed by atoms with Crippen LogP contribution in [0.15, 0.2) is 86.2 Å². The first-order valence-corrected chi connectivity index (χ1v) is 37.2. The van der Waals surface area contributed by atoms with E-state index in [0.29, 0.717) is 56.0 Å². The zero-order valence-electron chi connectivity index (χ0n) is 48.9. The number of amides is 2. The standard InChI is InChI=1S/C51H66N11O21P3S4/c1-6-60-37-18-16-33(89(73,74)75)26-35(37)50(2,3)41(60)13-10-14-42-51(4,5)36-27-34(90(76,77)78)17-19-38(36)61(42)23-9-7-8-15-43(63)55-22-25-88-87-24-20-44(64)54-21-11-12-32-29-62(47-46(32)48(65)58-49(52)57-47)45-28-39(79-31-56-59-53)40(81-45)30-80-85(69,70)83-86(71,72)82-84(66,67)68/h10,13-14,16-19,26-27,29,39-40,45H,6-9,15,20-25,28,30-31H2,1-5H3,(H10-,52,54,55,57,58,63,64,65,66,67,68,69,70,71,72,73,74,75,76,77,78)/t39-,40-,45-/m1/s1. The molecule has 3 aliphatic heterocycles. The maximum Gasteiger partial charge on any atom is 0.490 e. The van der Waals surface area contributed by atoms with Crippen LogP contribution in [0.2, 0.25) is 0 Å². The summed E-state index contributed by atoms with van der Waals surface area (Å²) in [7, 11) is -23.4. The number of anilines is 2. The van der Waals surface area contributed by atoms with Gasteiger partial charge in [0.2, 0.25) is 23.5 Å². The fourth-order valence-corrected chi connectivity index (χ4v) is 16.4. The molecular weight excluding hydrogens is 1320 g/mol. The average Bonchev–Trinajstić information content (AvgIpc) is 1.61. The van der Waals surface area contributed by atoms with Crippen LogP contribution >= 0.6 is 45.1 Å². The summed E-state index contributed by atoms with van der Waals surface area (Å²) in [6, 6.07) is 8.91. The van der Waals surface area contributed by atoms with Crippen LogP contribution in [0.4, 0.5) is 17.3 Å². The second-order valence-corrected chi connectivity index (χ2v) is 31.2. The normalized spacial score (nSPS) is 19.7. The van der Waals surface area contributed by atoms with Gasteiger partial charge in [-0.1, -0.05) is 58.5 Å². The lowest BCUT2D eigenvalue weighted by Gasteiger charge is -2.25. The molecule has 10 N–H and O–H groups in total. The molecule has 3 aliphatic rings. The Morgan fingerprint density at radius 3 is 2.38 bits per heavy atom. The van der Waals surface area contributed by atoms with E-state index in [-0.39, 0.29) is 70.0 Å². The van der Waals surface area contributed by atoms with Crippen molar-refractivity contribution in [2.45, 2.75) is 112 Å². The summed E-state index contributed by atoms with van der Waals surface area (Å²) in [5.41, 5.74) is 17.3. The SMILES string of the molecule is CCN1/C(=C/C=C/C2=[N+](CCCCCC(=O)NCCSSCCC(=O)NCC#Cc3cn([C@H]4C[C@@H](OCN=[N+]=[N-])[C@@H](COP(=O)(O)OP(=O)(O)OP(=O)(O)O)O4)c4nc(N)[nH]c(=O)c34)c3ccc(S(=O)(=O)[O-])cc3C2(C)C)C(C)(C)c2cc(S(=O)(=O)O)ccc21. The van der Waals surface area contributed by atoms with Crippen molar-refractivity contribution in [2.24, 2.45) is 5.11 Å². The van der Waals surface area contributed by atoms with Crippen LogP contribution in [0, 0.1) is 11.8 Å². The molecule has 5 atom stereocenters. The summed E-state index contributed by atoms with van der Waals surface area (Å²) in [5, 5.41) is 8.84. The highest BCUT2D eigenvalue weighted by Gasteiger charge is 2.47. The predicted molar refractivity (Wildman–Crippen MR) is 330 cm³/mol. The van der Waals surface area contributed by atoms with E-state index in [9.17, 15) is 63.8 Å². The fourth-order valence-electron chi connectivity index (χ4n) is 10.4. The van der Waals surface area contributed by atoms with Gasteiger partial charge in [0.15, 0.2) is 11.4 Å². The molecule has 90 heavy (non-hydrogen) atoms. The van der Waals surface area contributed by atoms with Crippen molar-refractivity contribution in [3.05, 3.63) is 104 Å². The highest BCUT2D eigenvalue weighted by Crippen LogP contribution is 2.66. The van der Waals surface area contributed by atoms with Gasteiger partial charge in [0.25, 0.3) is 15.7 Å². The monoisotopic (exact) mass is 1390 g/mol. The number of nitrogen functional groups attached to an aromatic ring is 1. The van der Waals surface area contributed by atoms with Gasteiger partial charge in [-0.05, 0) is 81.1 Å². The molecule has 2 aromatic heterocycles. The minimum Gasteiger partial charge on any atom is -0.744 e. The molecule has 2 unspecified atom stereocenters. The van der Waals surface area contributed by atoms with E-state index in [1.807, 2.05) is 52.8 Å². The third-order valence-corrected chi connectivity index (χ3v) is 22.3. The number of nitrogens with two attached hydrogens (primary N) is 1. The van der Waals surface area contributed by atoms with Crippen LogP contribution in [0.25, 0.3) is 21.5 Å². The number of likely N-dealkylation sites (N-methyl/N-ethyl adjacent to an activating group) is 1. The lowest BCUT2D eigenvalue weighted by molar-refractivity contribution is -0.438. The van der Waals surface area contributed by atoms with E-state index in [1.165, 1.54) is 56.6 Å². The maximum absolute atomic E-state index is 13.1. The van der Waals surface area contributed by atoms with Gasteiger partial charge in [-0.3, -0.25) is 28.4 Å². The Morgan fingerprint density at radius 1 is 0.989 bits per heavy atom. The van der Waals surface area contributed by atoms with Gasteiger partial charge in [-0.25, -0.2) is 22.1 Å². The van der Waals surface area contributed by atoms with Crippen molar-refractivity contribution < 1.29 is 96.0 Å². The molecule has 1 fully saturated rings. The topological polar surface area (TPSA) is 480 Å². The number of aromatic amines is 1. The highest BCUT2D eigenvalue weighted by atomic mass is 33.1. The number of rotatable bonds is 30. The van der Waals surface area contributed by atoms with Crippen molar-refractivity contribution in [2.75, 3.05) is 61.7 Å². The summed E-state index contributed by atoms with van der Waals surface area (Å²) in [6.45, 7) is 9.69. The van der Waals surface area contributed by atoms with E-state index in [1.54, 1.807) is 12.1 Å². The number of H-pyrrole nitrogens is 1. The number of carbonyl (C=O) groups is 2. The Labute approximate surface area is 524 Å². The molecular formula is C51H66N11O21P3S4. The quantitative estimate of drug-likeness (QED) is 0.00333. The van der Waals surface area contributed by atoms with E-state index in [2.05, 4.69) is 60.6 Å². The summed E-state index contributed by atoms with van der Waals surface area (Å²) in [4.78, 5) is 86.5. The van der Waals surface area contributed by atoms with E-state index in [0.717, 1.165) is 28.3 Å². The number of nitrogens with one attached hydrogen (secondary N) is 3. The highest BCUT2D eigenvalue weighted by molar-refractivity contribution is 8.76. The number of fused-ring (bicyclic) bond motifs is 3. The van der Waals surface area contributed by atoms with Gasteiger partial charge in [-0.15, -0.1) is 0 Å². The first-order valence-electron chi connectivity index (χ1n) is 27.3. The van der Waals surface area contributed by atoms with Crippen LogP contribution in [0.1, 0.15) is 96.1 Å². The number of benzene rings is 2. The number of allylic oxidation sites excluding steroid dienone is 4. The first-order chi connectivity index (χ1) is 42.1. The minimum atomic E-state index is -5.84. The minimum absolute atomic E-state index is 0.0306. The number of nitrogens with zero attached hydrogens (tertiary/aromatic N) is 7. The van der Waals surface area contributed by atoms with Crippen LogP contribution in [-0.2, 0) is 77.0 Å². The maximum atomic E-state index is 13.1. The summed E-state index contributed by atoms with van der Waals surface area (Å²) >= 11 is 0. The third kappa shape index (κ3) is 18.3. The molecule has 0 bridgehead atoms. The average molecular weight is 1390 g/mol. The molecule has 2 amide bonds. The van der Waals surface area contributed by atoms with Gasteiger partial charge in [-0.2, -0.15) is 26.6 Å². The number of phosphoric acid groups is 3. The molecule has 1 saturated heterocycles. The van der Waals surface area contributed by atoms with Crippen LogP contribution < -0.4 is 26.8 Å².